The van der Waals surface area contributed by atoms with Crippen molar-refractivity contribution in [1.29, 1.82) is 0 Å². The second-order valence-corrected chi connectivity index (χ2v) is 4.65. The van der Waals surface area contributed by atoms with Gasteiger partial charge >= 0.3 is 0 Å². The van der Waals surface area contributed by atoms with Crippen LogP contribution in [0.15, 0.2) is 17.1 Å². The van der Waals surface area contributed by atoms with Crippen molar-refractivity contribution < 1.29 is 18.7 Å². The number of aliphatic imine (C=N–C) groups is 1. The first kappa shape index (κ1) is 13.6. The molecular formula is C14H16FNO3. The highest BCUT2D eigenvalue weighted by molar-refractivity contribution is 5.53. The van der Waals surface area contributed by atoms with Crippen LogP contribution in [0.3, 0.4) is 0 Å². The molecule has 5 heteroatoms. The highest BCUT2D eigenvalue weighted by Crippen LogP contribution is 2.53. The van der Waals surface area contributed by atoms with Gasteiger partial charge in [0.15, 0.2) is 11.5 Å². The van der Waals surface area contributed by atoms with E-state index in [0.29, 0.717) is 22.6 Å². The molecule has 1 aromatic rings. The lowest BCUT2D eigenvalue weighted by atomic mass is 9.95. The molecule has 0 N–H and O–H groups in total. The van der Waals surface area contributed by atoms with Crippen LogP contribution in [0.4, 0.5) is 4.39 Å². The normalized spacial score (nSPS) is 17.3. The highest BCUT2D eigenvalue weighted by atomic mass is 19.1. The number of benzene rings is 1. The average molecular weight is 265 g/mol. The number of halogens is 1. The molecule has 0 radical (unpaired) electrons. The van der Waals surface area contributed by atoms with E-state index in [0.717, 1.165) is 12.8 Å². The number of carbonyl (C=O) groups excluding carboxylic acids is 1. The van der Waals surface area contributed by atoms with E-state index in [1.54, 1.807) is 18.2 Å². The lowest BCUT2D eigenvalue weighted by Crippen LogP contribution is -2.09. The molecule has 1 fully saturated rings. The zero-order valence-electron chi connectivity index (χ0n) is 11.2. The molecule has 0 amide bonds. The van der Waals surface area contributed by atoms with Crippen molar-refractivity contribution in [3.8, 4) is 11.5 Å². The van der Waals surface area contributed by atoms with Gasteiger partial charge in [-0.25, -0.2) is 9.18 Å². The Morgan fingerprint density at radius 3 is 2.32 bits per heavy atom. The van der Waals surface area contributed by atoms with Crippen molar-refractivity contribution in [2.45, 2.75) is 31.5 Å². The number of isocyanates is 1. The fourth-order valence-corrected chi connectivity index (χ4v) is 2.27. The third kappa shape index (κ3) is 2.34. The summed E-state index contributed by atoms with van der Waals surface area (Å²) in [6.07, 6.45) is 1.85. The largest absolute Gasteiger partial charge is 0.493 e. The topological polar surface area (TPSA) is 47.9 Å². The Balaban J connectivity index is 2.61. The highest BCUT2D eigenvalue weighted by Gasteiger charge is 2.47. The number of hydrogen-bond acceptors (Lipinski definition) is 4. The molecule has 0 bridgehead atoms. The molecule has 4 nitrogen and oxygen atoms in total. The second kappa shape index (κ2) is 5.02. The summed E-state index contributed by atoms with van der Waals surface area (Å²) in [6, 6.07) is 3.32. The third-order valence-electron chi connectivity index (χ3n) is 3.47. The molecule has 1 atom stereocenters. The number of alkyl halides is 1. The number of ether oxygens (including phenoxy) is 2. The quantitative estimate of drug-likeness (QED) is 0.607. The molecule has 102 valence electrons. The van der Waals surface area contributed by atoms with E-state index in [1.165, 1.54) is 21.1 Å². The maximum absolute atomic E-state index is 13.8. The lowest BCUT2D eigenvalue weighted by Gasteiger charge is -2.19. The van der Waals surface area contributed by atoms with Crippen LogP contribution >= 0.6 is 0 Å². The van der Waals surface area contributed by atoms with E-state index in [4.69, 9.17) is 9.47 Å². The van der Waals surface area contributed by atoms with Crippen LogP contribution in [0.1, 0.15) is 37.1 Å². The van der Waals surface area contributed by atoms with E-state index in [1.807, 2.05) is 0 Å². The molecule has 0 spiro atoms. The average Bonchev–Trinajstić information content (AvgIpc) is 3.18. The minimum absolute atomic E-state index is 0.469. The summed E-state index contributed by atoms with van der Waals surface area (Å²) >= 11 is 0. The van der Waals surface area contributed by atoms with E-state index >= 15 is 0 Å². The molecular weight excluding hydrogens is 249 g/mol. The standard InChI is InChI=1S/C14H16FNO3/c1-9(15)10-6-12(18-2)13(19-3)7-11(10)14(4-5-14)16-8-17/h6-7,9H,4-5H2,1-3H3. The molecule has 1 unspecified atom stereocenters. The van der Waals surface area contributed by atoms with Gasteiger partial charge < -0.3 is 9.47 Å². The van der Waals surface area contributed by atoms with Gasteiger partial charge in [-0.1, -0.05) is 0 Å². The molecule has 19 heavy (non-hydrogen) atoms. The molecule has 1 aliphatic rings. The Hall–Kier alpha value is -1.87. The molecule has 0 saturated heterocycles. The number of rotatable bonds is 5. The molecule has 1 saturated carbocycles. The summed E-state index contributed by atoms with van der Waals surface area (Å²) in [6.45, 7) is 1.45. The van der Waals surface area contributed by atoms with E-state index in [2.05, 4.69) is 4.99 Å². The first-order valence-corrected chi connectivity index (χ1v) is 6.07. The third-order valence-corrected chi connectivity index (χ3v) is 3.47. The molecule has 0 heterocycles. The smallest absolute Gasteiger partial charge is 0.235 e. The number of nitrogens with zero attached hydrogens (tertiary/aromatic N) is 1. The Bertz CT molecular complexity index is 532. The SMILES string of the molecule is COc1cc(C(C)F)c(C2(N=C=O)CC2)cc1OC. The van der Waals surface area contributed by atoms with Crippen LogP contribution in [-0.2, 0) is 10.3 Å². The lowest BCUT2D eigenvalue weighted by molar-refractivity contribution is 0.344. The van der Waals surface area contributed by atoms with Gasteiger partial charge in [-0.2, -0.15) is 4.99 Å². The van der Waals surface area contributed by atoms with Crippen molar-refractivity contribution in [3.63, 3.8) is 0 Å². The van der Waals surface area contributed by atoms with Crippen LogP contribution in [0, 0.1) is 0 Å². The molecule has 0 aliphatic heterocycles. The van der Waals surface area contributed by atoms with Crippen LogP contribution in [0.25, 0.3) is 0 Å². The Morgan fingerprint density at radius 1 is 1.32 bits per heavy atom. The van der Waals surface area contributed by atoms with Gasteiger partial charge in [0.2, 0.25) is 6.08 Å². The summed E-state index contributed by atoms with van der Waals surface area (Å²) in [5.74, 6) is 0.978. The summed E-state index contributed by atoms with van der Waals surface area (Å²) in [4.78, 5) is 14.4. The first-order chi connectivity index (χ1) is 9.07. The van der Waals surface area contributed by atoms with Crippen molar-refractivity contribution in [3.05, 3.63) is 23.3 Å². The van der Waals surface area contributed by atoms with Crippen LogP contribution in [0.5, 0.6) is 11.5 Å². The molecule has 1 aliphatic carbocycles. The minimum Gasteiger partial charge on any atom is -0.493 e. The van der Waals surface area contributed by atoms with Gasteiger partial charge in [-0.15, -0.1) is 0 Å². The van der Waals surface area contributed by atoms with Gasteiger partial charge in [-0.3, -0.25) is 0 Å². The van der Waals surface area contributed by atoms with Crippen molar-refractivity contribution in [2.75, 3.05) is 14.2 Å². The van der Waals surface area contributed by atoms with E-state index in [9.17, 15) is 9.18 Å². The predicted octanol–water partition coefficient (Wildman–Crippen LogP) is 3.06. The summed E-state index contributed by atoms with van der Waals surface area (Å²) in [5, 5.41) is 0. The monoisotopic (exact) mass is 265 g/mol. The Labute approximate surface area is 111 Å². The fourth-order valence-electron chi connectivity index (χ4n) is 2.27. The van der Waals surface area contributed by atoms with Gasteiger partial charge in [0.05, 0.1) is 19.8 Å². The van der Waals surface area contributed by atoms with Gasteiger partial charge in [0.25, 0.3) is 0 Å². The molecule has 1 aromatic carbocycles. The number of hydrogen-bond donors (Lipinski definition) is 0. The van der Waals surface area contributed by atoms with Crippen LogP contribution in [0.2, 0.25) is 0 Å². The fraction of sp³-hybridized carbons (Fsp3) is 0.500. The van der Waals surface area contributed by atoms with Crippen molar-refractivity contribution in [1.82, 2.24) is 0 Å². The minimum atomic E-state index is -1.17. The van der Waals surface area contributed by atoms with Crippen LogP contribution in [-0.4, -0.2) is 20.3 Å². The zero-order valence-corrected chi connectivity index (χ0v) is 11.2. The van der Waals surface area contributed by atoms with E-state index < -0.39 is 11.7 Å². The summed E-state index contributed by atoms with van der Waals surface area (Å²) in [5.41, 5.74) is 0.536. The summed E-state index contributed by atoms with van der Waals surface area (Å²) < 4.78 is 24.2. The number of methoxy groups -OCH3 is 2. The Morgan fingerprint density at radius 2 is 1.89 bits per heavy atom. The van der Waals surface area contributed by atoms with Crippen molar-refractivity contribution >= 4 is 6.08 Å². The van der Waals surface area contributed by atoms with Crippen molar-refractivity contribution in [2.24, 2.45) is 4.99 Å². The zero-order chi connectivity index (χ0) is 14.0. The van der Waals surface area contributed by atoms with Gasteiger partial charge in [0.1, 0.15) is 6.17 Å². The van der Waals surface area contributed by atoms with Crippen LogP contribution < -0.4 is 9.47 Å². The molecule has 2 rings (SSSR count). The molecule has 0 aromatic heterocycles. The Kier molecular flexibility index (Phi) is 3.58. The summed E-state index contributed by atoms with van der Waals surface area (Å²) in [7, 11) is 3.02. The maximum atomic E-state index is 13.8. The van der Waals surface area contributed by atoms with E-state index in [-0.39, 0.29) is 0 Å². The second-order valence-electron chi connectivity index (χ2n) is 4.65. The van der Waals surface area contributed by atoms with Gasteiger partial charge in [-0.05, 0) is 43.0 Å². The van der Waals surface area contributed by atoms with Gasteiger partial charge in [0, 0.05) is 0 Å². The predicted molar refractivity (Wildman–Crippen MR) is 68.1 cm³/mol. The first-order valence-electron chi connectivity index (χ1n) is 6.07. The maximum Gasteiger partial charge on any atom is 0.235 e.